The molecule has 1 atom stereocenters. The van der Waals surface area contributed by atoms with Gasteiger partial charge in [0.25, 0.3) is 0 Å². The van der Waals surface area contributed by atoms with Gasteiger partial charge in [-0.15, -0.1) is 11.3 Å². The zero-order chi connectivity index (χ0) is 16.8. The molecule has 0 saturated heterocycles. The first-order chi connectivity index (χ1) is 11.0. The third-order valence-electron chi connectivity index (χ3n) is 4.06. The molecule has 0 aliphatic carbocycles. The number of thiophene rings is 1. The van der Waals surface area contributed by atoms with Crippen molar-refractivity contribution in [1.82, 2.24) is 4.90 Å². The first kappa shape index (κ1) is 18.2. The van der Waals surface area contributed by atoms with E-state index in [1.807, 2.05) is 30.4 Å². The molecule has 1 heterocycles. The fourth-order valence-corrected chi connectivity index (χ4v) is 3.77. The van der Waals surface area contributed by atoms with E-state index in [-0.39, 0.29) is 0 Å². The highest BCUT2D eigenvalue weighted by Gasteiger charge is 2.08. The van der Waals surface area contributed by atoms with Crippen molar-refractivity contribution in [2.24, 2.45) is 5.92 Å². The summed E-state index contributed by atoms with van der Waals surface area (Å²) < 4.78 is 0. The van der Waals surface area contributed by atoms with Crippen LogP contribution in [0.2, 0.25) is 0 Å². The Labute approximate surface area is 144 Å². The first-order valence-corrected chi connectivity index (χ1v) is 9.33. The predicted octanol–water partition coefficient (Wildman–Crippen LogP) is 5.34. The first-order valence-electron chi connectivity index (χ1n) is 8.51. The second-order valence-electron chi connectivity index (χ2n) is 6.84. The van der Waals surface area contributed by atoms with Gasteiger partial charge in [0.2, 0.25) is 0 Å². The van der Waals surface area contributed by atoms with Crippen molar-refractivity contribution in [3.05, 3.63) is 46.8 Å². The number of rotatable bonds is 8. The van der Waals surface area contributed by atoms with Gasteiger partial charge in [-0.3, -0.25) is 0 Å². The molecule has 1 N–H and O–H groups in total. The van der Waals surface area contributed by atoms with Crippen molar-refractivity contribution in [3.63, 3.8) is 0 Å². The molecule has 1 unspecified atom stereocenters. The second-order valence-corrected chi connectivity index (χ2v) is 8.01. The minimum Gasteiger partial charge on any atom is -0.389 e. The maximum Gasteiger partial charge on any atom is 0.0762 e. The summed E-state index contributed by atoms with van der Waals surface area (Å²) in [7, 11) is 2.20. The lowest BCUT2D eigenvalue weighted by molar-refractivity contribution is 0.199. The van der Waals surface area contributed by atoms with Gasteiger partial charge in [0.1, 0.15) is 0 Å². The number of hydrogen-bond acceptors (Lipinski definition) is 3. The largest absolute Gasteiger partial charge is 0.389 e. The standard InChI is InChI=1S/C20H29NOS/c1-15(2)7-6-12-21(4)14-19-10-11-20(23-19)18-9-5-8-17(13-18)16(3)22/h5,8-11,13,15-16,22H,6-7,12,14H2,1-4H3. The number of hydrogen-bond donors (Lipinski definition) is 1. The average Bonchev–Trinajstić information content (AvgIpc) is 2.95. The smallest absolute Gasteiger partial charge is 0.0762 e. The van der Waals surface area contributed by atoms with Gasteiger partial charge in [0, 0.05) is 16.3 Å². The highest BCUT2D eigenvalue weighted by Crippen LogP contribution is 2.30. The van der Waals surface area contributed by atoms with E-state index in [4.69, 9.17) is 0 Å². The molecule has 0 saturated carbocycles. The van der Waals surface area contributed by atoms with Crippen LogP contribution >= 0.6 is 11.3 Å². The number of benzene rings is 1. The molecular formula is C20H29NOS. The molecular weight excluding hydrogens is 302 g/mol. The van der Waals surface area contributed by atoms with Gasteiger partial charge < -0.3 is 10.0 Å². The lowest BCUT2D eigenvalue weighted by Gasteiger charge is -2.16. The van der Waals surface area contributed by atoms with Crippen molar-refractivity contribution in [2.45, 2.75) is 46.3 Å². The van der Waals surface area contributed by atoms with Crippen LogP contribution in [0.4, 0.5) is 0 Å². The van der Waals surface area contributed by atoms with E-state index >= 15 is 0 Å². The fourth-order valence-electron chi connectivity index (χ4n) is 2.68. The molecule has 0 aliphatic heterocycles. The Morgan fingerprint density at radius 3 is 2.61 bits per heavy atom. The molecule has 0 radical (unpaired) electrons. The Hall–Kier alpha value is -1.16. The molecule has 0 aliphatic rings. The normalized spacial score (nSPS) is 13.0. The van der Waals surface area contributed by atoms with Gasteiger partial charge in [-0.2, -0.15) is 0 Å². The Morgan fingerprint density at radius 2 is 1.91 bits per heavy atom. The molecule has 2 rings (SSSR count). The van der Waals surface area contributed by atoms with Crippen molar-refractivity contribution in [2.75, 3.05) is 13.6 Å². The minimum atomic E-state index is -0.415. The van der Waals surface area contributed by atoms with E-state index in [2.05, 4.69) is 50.1 Å². The molecule has 2 aromatic rings. The lowest BCUT2D eigenvalue weighted by Crippen LogP contribution is -2.18. The SMILES string of the molecule is CC(C)CCCN(C)Cc1ccc(-c2cccc(C(C)O)c2)s1. The van der Waals surface area contributed by atoms with Crippen molar-refractivity contribution < 1.29 is 5.11 Å². The summed E-state index contributed by atoms with van der Waals surface area (Å²) in [6.07, 6.45) is 2.15. The molecule has 2 nitrogen and oxygen atoms in total. The van der Waals surface area contributed by atoms with Crippen LogP contribution in [0.1, 0.15) is 50.2 Å². The molecule has 1 aromatic heterocycles. The van der Waals surface area contributed by atoms with Gasteiger partial charge in [-0.25, -0.2) is 0 Å². The van der Waals surface area contributed by atoms with Crippen LogP contribution in [0, 0.1) is 5.92 Å². The predicted molar refractivity (Wildman–Crippen MR) is 101 cm³/mol. The highest BCUT2D eigenvalue weighted by molar-refractivity contribution is 7.15. The lowest BCUT2D eigenvalue weighted by atomic mass is 10.1. The van der Waals surface area contributed by atoms with E-state index in [1.165, 1.54) is 28.2 Å². The van der Waals surface area contributed by atoms with Gasteiger partial charge in [0.05, 0.1) is 6.10 Å². The van der Waals surface area contributed by atoms with Gasteiger partial charge in [-0.05, 0) is 68.6 Å². The van der Waals surface area contributed by atoms with E-state index in [0.29, 0.717) is 0 Å². The second kappa shape index (κ2) is 8.62. The maximum atomic E-state index is 9.74. The van der Waals surface area contributed by atoms with Gasteiger partial charge in [-0.1, -0.05) is 32.0 Å². The summed E-state index contributed by atoms with van der Waals surface area (Å²) in [4.78, 5) is 5.08. The molecule has 3 heteroatoms. The topological polar surface area (TPSA) is 23.5 Å². The zero-order valence-electron chi connectivity index (χ0n) is 14.7. The van der Waals surface area contributed by atoms with Crippen molar-refractivity contribution >= 4 is 11.3 Å². The van der Waals surface area contributed by atoms with Crippen LogP contribution in [0.3, 0.4) is 0 Å². The molecule has 1 aromatic carbocycles. The van der Waals surface area contributed by atoms with Crippen molar-refractivity contribution in [1.29, 1.82) is 0 Å². The summed E-state index contributed by atoms with van der Waals surface area (Å²) in [5.74, 6) is 0.790. The van der Waals surface area contributed by atoms with Crippen LogP contribution in [0.15, 0.2) is 36.4 Å². The van der Waals surface area contributed by atoms with Crippen LogP contribution in [0.25, 0.3) is 10.4 Å². The number of nitrogens with zero attached hydrogens (tertiary/aromatic N) is 1. The van der Waals surface area contributed by atoms with E-state index in [1.54, 1.807) is 0 Å². The summed E-state index contributed by atoms with van der Waals surface area (Å²) in [6.45, 7) is 8.55. The van der Waals surface area contributed by atoms with Gasteiger partial charge >= 0.3 is 0 Å². The Bertz CT molecular complexity index is 603. The highest BCUT2D eigenvalue weighted by atomic mass is 32.1. The minimum absolute atomic E-state index is 0.415. The number of aliphatic hydroxyl groups excluding tert-OH is 1. The Morgan fingerprint density at radius 1 is 1.13 bits per heavy atom. The molecule has 23 heavy (non-hydrogen) atoms. The summed E-state index contributed by atoms with van der Waals surface area (Å²) in [5.41, 5.74) is 2.17. The Kier molecular flexibility index (Phi) is 6.82. The van der Waals surface area contributed by atoms with Crippen LogP contribution < -0.4 is 0 Å². The average molecular weight is 332 g/mol. The molecule has 0 bridgehead atoms. The molecule has 0 spiro atoms. The van der Waals surface area contributed by atoms with Crippen LogP contribution in [-0.2, 0) is 6.54 Å². The molecule has 0 amide bonds. The summed E-state index contributed by atoms with van der Waals surface area (Å²) >= 11 is 1.85. The monoisotopic (exact) mass is 331 g/mol. The molecule has 126 valence electrons. The molecule has 0 fully saturated rings. The van der Waals surface area contributed by atoms with Crippen LogP contribution in [-0.4, -0.2) is 23.6 Å². The Balaban J connectivity index is 1.96. The summed E-state index contributed by atoms with van der Waals surface area (Å²) in [6, 6.07) is 12.6. The quantitative estimate of drug-likeness (QED) is 0.706. The maximum absolute atomic E-state index is 9.74. The van der Waals surface area contributed by atoms with Gasteiger partial charge in [0.15, 0.2) is 0 Å². The summed E-state index contributed by atoms with van der Waals surface area (Å²) in [5, 5.41) is 9.74. The third-order valence-corrected chi connectivity index (χ3v) is 5.18. The van der Waals surface area contributed by atoms with E-state index in [9.17, 15) is 5.11 Å². The third kappa shape index (κ3) is 5.76. The number of aliphatic hydroxyl groups is 1. The van der Waals surface area contributed by atoms with E-state index in [0.717, 1.165) is 24.6 Å². The fraction of sp³-hybridized carbons (Fsp3) is 0.500. The zero-order valence-corrected chi connectivity index (χ0v) is 15.6. The van der Waals surface area contributed by atoms with Crippen LogP contribution in [0.5, 0.6) is 0 Å². The van der Waals surface area contributed by atoms with E-state index < -0.39 is 6.10 Å². The van der Waals surface area contributed by atoms with Crippen molar-refractivity contribution in [3.8, 4) is 10.4 Å².